The van der Waals surface area contributed by atoms with Crippen molar-refractivity contribution in [1.82, 2.24) is 14.9 Å². The second kappa shape index (κ2) is 8.20. The summed E-state index contributed by atoms with van der Waals surface area (Å²) in [7, 11) is 1.77. The molecule has 0 atom stereocenters. The number of anilines is 2. The fourth-order valence-corrected chi connectivity index (χ4v) is 2.48. The van der Waals surface area contributed by atoms with E-state index in [1.807, 2.05) is 12.1 Å². The van der Waals surface area contributed by atoms with Crippen molar-refractivity contribution >= 4 is 17.4 Å². The molecule has 2 heterocycles. The van der Waals surface area contributed by atoms with Crippen molar-refractivity contribution in [3.05, 3.63) is 84.1 Å². The molecule has 5 nitrogen and oxygen atoms in total. The standard InChI is InChI=1S/C20H19FN4O/c1-25(12-9-15-7-10-22-11-8-15)20(26)16-5-6-19(23-14-16)24-18-4-2-3-17(21)13-18/h2-8,10-11,13-14H,9,12H2,1H3,(H,23,24). The summed E-state index contributed by atoms with van der Waals surface area (Å²) >= 11 is 0. The maximum Gasteiger partial charge on any atom is 0.255 e. The van der Waals surface area contributed by atoms with Gasteiger partial charge in [-0.15, -0.1) is 0 Å². The molecule has 0 bridgehead atoms. The Bertz CT molecular complexity index is 868. The number of nitrogens with one attached hydrogen (secondary N) is 1. The zero-order valence-electron chi connectivity index (χ0n) is 14.4. The van der Waals surface area contributed by atoms with Crippen molar-refractivity contribution in [3.63, 3.8) is 0 Å². The lowest BCUT2D eigenvalue weighted by molar-refractivity contribution is 0.0796. The van der Waals surface area contributed by atoms with Gasteiger partial charge in [-0.05, 0) is 54.4 Å². The normalized spacial score (nSPS) is 10.4. The minimum atomic E-state index is -0.322. The molecule has 2 aromatic heterocycles. The SMILES string of the molecule is CN(CCc1ccncc1)C(=O)c1ccc(Nc2cccc(F)c2)nc1. The van der Waals surface area contributed by atoms with Gasteiger partial charge in [-0.25, -0.2) is 9.37 Å². The maximum atomic E-state index is 13.2. The fraction of sp³-hybridized carbons (Fsp3) is 0.150. The Morgan fingerprint density at radius 3 is 2.65 bits per heavy atom. The summed E-state index contributed by atoms with van der Waals surface area (Å²) in [6, 6.07) is 13.4. The van der Waals surface area contributed by atoms with Crippen molar-refractivity contribution < 1.29 is 9.18 Å². The molecule has 3 aromatic rings. The molecule has 6 heteroatoms. The first-order valence-electron chi connectivity index (χ1n) is 8.25. The van der Waals surface area contributed by atoms with Crippen molar-refractivity contribution in [2.24, 2.45) is 0 Å². The van der Waals surface area contributed by atoms with Crippen molar-refractivity contribution in [1.29, 1.82) is 0 Å². The predicted molar refractivity (Wildman–Crippen MR) is 98.8 cm³/mol. The summed E-state index contributed by atoms with van der Waals surface area (Å²) in [5, 5.41) is 3.00. The van der Waals surface area contributed by atoms with Crippen LogP contribution < -0.4 is 5.32 Å². The van der Waals surface area contributed by atoms with Gasteiger partial charge in [0.2, 0.25) is 0 Å². The van der Waals surface area contributed by atoms with Gasteiger partial charge in [0.15, 0.2) is 0 Å². The van der Waals surface area contributed by atoms with E-state index in [1.54, 1.807) is 48.6 Å². The Balaban J connectivity index is 1.59. The molecular formula is C20H19FN4O. The molecule has 0 spiro atoms. The summed E-state index contributed by atoms with van der Waals surface area (Å²) in [5.41, 5.74) is 2.24. The van der Waals surface area contributed by atoms with Crippen LogP contribution in [-0.2, 0) is 6.42 Å². The van der Waals surface area contributed by atoms with Crippen LogP contribution in [-0.4, -0.2) is 34.4 Å². The average molecular weight is 350 g/mol. The number of aromatic nitrogens is 2. The van der Waals surface area contributed by atoms with Crippen LogP contribution in [0.1, 0.15) is 15.9 Å². The second-order valence-corrected chi connectivity index (χ2v) is 5.90. The summed E-state index contributed by atoms with van der Waals surface area (Å²) in [5.74, 6) is 0.132. The fourth-order valence-electron chi connectivity index (χ4n) is 2.48. The second-order valence-electron chi connectivity index (χ2n) is 5.90. The average Bonchev–Trinajstić information content (AvgIpc) is 2.67. The molecule has 0 aliphatic carbocycles. The lowest BCUT2D eigenvalue weighted by Crippen LogP contribution is -2.28. The van der Waals surface area contributed by atoms with Gasteiger partial charge in [-0.1, -0.05) is 6.07 Å². The number of halogens is 1. The van der Waals surface area contributed by atoms with Crippen LogP contribution in [0, 0.1) is 5.82 Å². The molecule has 1 amide bonds. The van der Waals surface area contributed by atoms with Gasteiger partial charge < -0.3 is 10.2 Å². The molecule has 0 aliphatic heterocycles. The highest BCUT2D eigenvalue weighted by Crippen LogP contribution is 2.16. The number of carbonyl (C=O) groups excluding carboxylic acids is 1. The van der Waals surface area contributed by atoms with Gasteiger partial charge >= 0.3 is 0 Å². The van der Waals surface area contributed by atoms with E-state index in [4.69, 9.17) is 0 Å². The molecule has 0 unspecified atom stereocenters. The van der Waals surface area contributed by atoms with Crippen LogP contribution in [0.15, 0.2) is 67.1 Å². The lowest BCUT2D eigenvalue weighted by Gasteiger charge is -2.17. The molecule has 132 valence electrons. The van der Waals surface area contributed by atoms with Crippen LogP contribution in [0.3, 0.4) is 0 Å². The Morgan fingerprint density at radius 2 is 1.96 bits per heavy atom. The lowest BCUT2D eigenvalue weighted by atomic mass is 10.2. The zero-order chi connectivity index (χ0) is 18.4. The number of amides is 1. The van der Waals surface area contributed by atoms with E-state index in [-0.39, 0.29) is 11.7 Å². The molecule has 0 saturated heterocycles. The van der Waals surface area contributed by atoms with Gasteiger partial charge in [0.1, 0.15) is 11.6 Å². The molecule has 0 saturated carbocycles. The molecular weight excluding hydrogens is 331 g/mol. The first-order chi connectivity index (χ1) is 12.6. The first-order valence-corrected chi connectivity index (χ1v) is 8.25. The van der Waals surface area contributed by atoms with Crippen LogP contribution in [0.5, 0.6) is 0 Å². The number of pyridine rings is 2. The van der Waals surface area contributed by atoms with E-state index in [0.717, 1.165) is 12.0 Å². The number of rotatable bonds is 6. The van der Waals surface area contributed by atoms with Gasteiger partial charge in [0.25, 0.3) is 5.91 Å². The van der Waals surface area contributed by atoms with E-state index < -0.39 is 0 Å². The molecule has 1 N–H and O–H groups in total. The summed E-state index contributed by atoms with van der Waals surface area (Å²) in [4.78, 5) is 22.4. The predicted octanol–water partition coefficient (Wildman–Crippen LogP) is 3.67. The zero-order valence-corrected chi connectivity index (χ0v) is 14.4. The van der Waals surface area contributed by atoms with Gasteiger partial charge in [0, 0.05) is 37.9 Å². The number of likely N-dealkylation sites (N-methyl/N-ethyl adjacent to an activating group) is 1. The third-order valence-electron chi connectivity index (χ3n) is 3.94. The number of hydrogen-bond acceptors (Lipinski definition) is 4. The van der Waals surface area contributed by atoms with Gasteiger partial charge in [0.05, 0.1) is 5.56 Å². The monoisotopic (exact) mass is 350 g/mol. The molecule has 0 aliphatic rings. The van der Waals surface area contributed by atoms with Crippen molar-refractivity contribution in [2.75, 3.05) is 18.9 Å². The third-order valence-corrected chi connectivity index (χ3v) is 3.94. The van der Waals surface area contributed by atoms with E-state index in [1.165, 1.54) is 18.3 Å². The first kappa shape index (κ1) is 17.5. The van der Waals surface area contributed by atoms with Gasteiger partial charge in [-0.3, -0.25) is 9.78 Å². The van der Waals surface area contributed by atoms with E-state index in [0.29, 0.717) is 23.6 Å². The van der Waals surface area contributed by atoms with Crippen LogP contribution in [0.4, 0.5) is 15.9 Å². The largest absolute Gasteiger partial charge is 0.341 e. The third kappa shape index (κ3) is 4.63. The summed E-state index contributed by atoms with van der Waals surface area (Å²) in [6.07, 6.45) is 5.76. The topological polar surface area (TPSA) is 58.1 Å². The van der Waals surface area contributed by atoms with Crippen LogP contribution in [0.25, 0.3) is 0 Å². The summed E-state index contributed by atoms with van der Waals surface area (Å²) < 4.78 is 13.2. The van der Waals surface area contributed by atoms with E-state index in [9.17, 15) is 9.18 Å². The number of hydrogen-bond donors (Lipinski definition) is 1. The Kier molecular flexibility index (Phi) is 5.53. The molecule has 3 rings (SSSR count). The smallest absolute Gasteiger partial charge is 0.255 e. The summed E-state index contributed by atoms with van der Waals surface area (Å²) in [6.45, 7) is 0.603. The van der Waals surface area contributed by atoms with Crippen LogP contribution >= 0.6 is 0 Å². The van der Waals surface area contributed by atoms with Gasteiger partial charge in [-0.2, -0.15) is 0 Å². The molecule has 0 radical (unpaired) electrons. The maximum absolute atomic E-state index is 13.2. The highest BCUT2D eigenvalue weighted by molar-refractivity contribution is 5.94. The Morgan fingerprint density at radius 1 is 1.15 bits per heavy atom. The quantitative estimate of drug-likeness (QED) is 0.737. The Hall–Kier alpha value is -3.28. The van der Waals surface area contributed by atoms with Crippen LogP contribution in [0.2, 0.25) is 0 Å². The van der Waals surface area contributed by atoms with Crippen molar-refractivity contribution in [3.8, 4) is 0 Å². The number of nitrogens with zero attached hydrogens (tertiary/aromatic N) is 3. The van der Waals surface area contributed by atoms with E-state index in [2.05, 4.69) is 15.3 Å². The molecule has 1 aromatic carbocycles. The highest BCUT2D eigenvalue weighted by Gasteiger charge is 2.12. The van der Waals surface area contributed by atoms with E-state index >= 15 is 0 Å². The number of carbonyl (C=O) groups is 1. The molecule has 0 fully saturated rings. The Labute approximate surface area is 151 Å². The van der Waals surface area contributed by atoms with Crippen molar-refractivity contribution in [2.45, 2.75) is 6.42 Å². The molecule has 26 heavy (non-hydrogen) atoms. The minimum absolute atomic E-state index is 0.0936. The highest BCUT2D eigenvalue weighted by atomic mass is 19.1. The minimum Gasteiger partial charge on any atom is -0.341 e. The number of benzene rings is 1.